The van der Waals surface area contributed by atoms with E-state index in [1.54, 1.807) is 0 Å². The smallest absolute Gasteiger partial charge is 0.0294 e. The van der Waals surface area contributed by atoms with Gasteiger partial charge in [0.15, 0.2) is 0 Å². The number of rotatable bonds is 4. The zero-order chi connectivity index (χ0) is 13.1. The Balaban J connectivity index is 1.99. The first kappa shape index (κ1) is 14.0. The number of benzene rings is 1. The van der Waals surface area contributed by atoms with Crippen LogP contribution < -0.4 is 5.32 Å². The summed E-state index contributed by atoms with van der Waals surface area (Å²) < 4.78 is 0. The predicted octanol–water partition coefficient (Wildman–Crippen LogP) is 4.02. The molecule has 1 aliphatic rings. The summed E-state index contributed by atoms with van der Waals surface area (Å²) in [5.41, 5.74) is 5.68. The van der Waals surface area contributed by atoms with E-state index in [0.717, 1.165) is 5.92 Å². The SMILES string of the molecule is Cc1cc(C)c(C(C)NCC2CCSC2)cc1C. The maximum atomic E-state index is 3.72. The third-order valence-corrected chi connectivity index (χ3v) is 5.32. The van der Waals surface area contributed by atoms with Gasteiger partial charge in [0.05, 0.1) is 0 Å². The van der Waals surface area contributed by atoms with Crippen LogP contribution in [0, 0.1) is 26.7 Å². The van der Waals surface area contributed by atoms with Crippen LogP contribution in [0.25, 0.3) is 0 Å². The van der Waals surface area contributed by atoms with E-state index in [2.05, 4.69) is 56.9 Å². The highest BCUT2D eigenvalue weighted by molar-refractivity contribution is 7.99. The molecule has 1 aliphatic heterocycles. The Morgan fingerprint density at radius 1 is 1.22 bits per heavy atom. The topological polar surface area (TPSA) is 12.0 Å². The number of hydrogen-bond donors (Lipinski definition) is 1. The predicted molar refractivity (Wildman–Crippen MR) is 82.5 cm³/mol. The van der Waals surface area contributed by atoms with Gasteiger partial charge in [-0.05, 0) is 80.3 Å². The molecule has 2 atom stereocenters. The van der Waals surface area contributed by atoms with Crippen molar-refractivity contribution in [1.82, 2.24) is 5.32 Å². The van der Waals surface area contributed by atoms with Crippen molar-refractivity contribution in [3.8, 4) is 0 Å². The van der Waals surface area contributed by atoms with E-state index >= 15 is 0 Å². The molecule has 1 heterocycles. The molecule has 2 unspecified atom stereocenters. The fraction of sp³-hybridized carbons (Fsp3) is 0.625. The standard InChI is InChI=1S/C16H25NS/c1-11-7-13(3)16(8-12(11)2)14(4)17-9-15-5-6-18-10-15/h7-8,14-15,17H,5-6,9-10H2,1-4H3. The van der Waals surface area contributed by atoms with E-state index in [4.69, 9.17) is 0 Å². The molecule has 0 aliphatic carbocycles. The summed E-state index contributed by atoms with van der Waals surface area (Å²) in [6.07, 6.45) is 1.39. The summed E-state index contributed by atoms with van der Waals surface area (Å²) in [6.45, 7) is 10.1. The molecule has 0 radical (unpaired) electrons. The normalized spacial score (nSPS) is 21.2. The maximum Gasteiger partial charge on any atom is 0.0294 e. The molecular weight excluding hydrogens is 238 g/mol. The van der Waals surface area contributed by atoms with Crippen molar-refractivity contribution in [3.05, 3.63) is 34.4 Å². The van der Waals surface area contributed by atoms with Gasteiger partial charge in [0.1, 0.15) is 0 Å². The van der Waals surface area contributed by atoms with Crippen molar-refractivity contribution in [2.75, 3.05) is 18.1 Å². The lowest BCUT2D eigenvalue weighted by molar-refractivity contribution is 0.476. The van der Waals surface area contributed by atoms with Crippen LogP contribution in [-0.2, 0) is 0 Å². The minimum atomic E-state index is 0.467. The molecule has 0 bridgehead atoms. The fourth-order valence-electron chi connectivity index (χ4n) is 2.65. The van der Waals surface area contributed by atoms with Crippen LogP contribution in [0.4, 0.5) is 0 Å². The third-order valence-electron chi connectivity index (χ3n) is 4.09. The average molecular weight is 263 g/mol. The molecule has 100 valence electrons. The van der Waals surface area contributed by atoms with Gasteiger partial charge >= 0.3 is 0 Å². The molecule has 0 aromatic heterocycles. The lowest BCUT2D eigenvalue weighted by Gasteiger charge is -2.20. The quantitative estimate of drug-likeness (QED) is 0.880. The minimum absolute atomic E-state index is 0.467. The Hall–Kier alpha value is -0.470. The largest absolute Gasteiger partial charge is 0.310 e. The Labute approximate surface area is 116 Å². The maximum absolute atomic E-state index is 3.72. The molecule has 1 fully saturated rings. The van der Waals surface area contributed by atoms with Gasteiger partial charge in [-0.25, -0.2) is 0 Å². The summed E-state index contributed by atoms with van der Waals surface area (Å²) in [4.78, 5) is 0. The first-order valence-corrected chi connectivity index (χ1v) is 8.12. The van der Waals surface area contributed by atoms with Gasteiger partial charge in [0.25, 0.3) is 0 Å². The van der Waals surface area contributed by atoms with E-state index < -0.39 is 0 Å². The van der Waals surface area contributed by atoms with Gasteiger partial charge < -0.3 is 5.32 Å². The van der Waals surface area contributed by atoms with E-state index in [-0.39, 0.29) is 0 Å². The lowest BCUT2D eigenvalue weighted by Crippen LogP contribution is -2.26. The van der Waals surface area contributed by atoms with E-state index in [1.165, 1.54) is 46.7 Å². The number of nitrogens with one attached hydrogen (secondary N) is 1. The van der Waals surface area contributed by atoms with Crippen LogP contribution in [0.1, 0.15) is 41.6 Å². The fourth-order valence-corrected chi connectivity index (χ4v) is 3.93. The number of thioether (sulfide) groups is 1. The average Bonchev–Trinajstić information content (AvgIpc) is 2.84. The van der Waals surface area contributed by atoms with Gasteiger partial charge in [-0.1, -0.05) is 12.1 Å². The van der Waals surface area contributed by atoms with Crippen molar-refractivity contribution in [2.24, 2.45) is 5.92 Å². The monoisotopic (exact) mass is 263 g/mol. The van der Waals surface area contributed by atoms with Gasteiger partial charge in [0, 0.05) is 6.04 Å². The molecule has 1 nitrogen and oxygen atoms in total. The van der Waals surface area contributed by atoms with Crippen molar-refractivity contribution in [3.63, 3.8) is 0 Å². The van der Waals surface area contributed by atoms with Crippen LogP contribution in [0.2, 0.25) is 0 Å². The van der Waals surface area contributed by atoms with Crippen molar-refractivity contribution in [2.45, 2.75) is 40.2 Å². The molecule has 0 spiro atoms. The van der Waals surface area contributed by atoms with Crippen LogP contribution in [0.3, 0.4) is 0 Å². The minimum Gasteiger partial charge on any atom is -0.310 e. The van der Waals surface area contributed by atoms with Crippen LogP contribution in [-0.4, -0.2) is 18.1 Å². The summed E-state index contributed by atoms with van der Waals surface area (Å²) in [5, 5.41) is 3.72. The van der Waals surface area contributed by atoms with E-state index in [0.29, 0.717) is 6.04 Å². The second kappa shape index (κ2) is 6.12. The molecule has 1 saturated heterocycles. The van der Waals surface area contributed by atoms with Gasteiger partial charge in [0.2, 0.25) is 0 Å². The summed E-state index contributed by atoms with van der Waals surface area (Å²) in [7, 11) is 0. The highest BCUT2D eigenvalue weighted by Gasteiger charge is 2.17. The Morgan fingerprint density at radius 2 is 1.94 bits per heavy atom. The van der Waals surface area contributed by atoms with Gasteiger partial charge in [-0.3, -0.25) is 0 Å². The van der Waals surface area contributed by atoms with Gasteiger partial charge in [-0.2, -0.15) is 11.8 Å². The molecule has 1 N–H and O–H groups in total. The number of aryl methyl sites for hydroxylation is 3. The highest BCUT2D eigenvalue weighted by Crippen LogP contribution is 2.25. The molecular formula is C16H25NS. The Bertz CT molecular complexity index is 408. The molecule has 0 amide bonds. The van der Waals surface area contributed by atoms with Crippen LogP contribution in [0.15, 0.2) is 12.1 Å². The third kappa shape index (κ3) is 3.30. The van der Waals surface area contributed by atoms with Crippen LogP contribution >= 0.6 is 11.8 Å². The molecule has 1 aromatic rings. The van der Waals surface area contributed by atoms with Crippen molar-refractivity contribution in [1.29, 1.82) is 0 Å². The molecule has 2 rings (SSSR count). The number of hydrogen-bond acceptors (Lipinski definition) is 2. The first-order valence-electron chi connectivity index (χ1n) is 6.97. The zero-order valence-corrected chi connectivity index (χ0v) is 12.9. The van der Waals surface area contributed by atoms with Gasteiger partial charge in [-0.15, -0.1) is 0 Å². The van der Waals surface area contributed by atoms with E-state index in [1.807, 2.05) is 0 Å². The summed E-state index contributed by atoms with van der Waals surface area (Å²) >= 11 is 2.10. The molecule has 2 heteroatoms. The zero-order valence-electron chi connectivity index (χ0n) is 12.0. The highest BCUT2D eigenvalue weighted by atomic mass is 32.2. The molecule has 18 heavy (non-hydrogen) atoms. The summed E-state index contributed by atoms with van der Waals surface area (Å²) in [5.74, 6) is 3.57. The lowest BCUT2D eigenvalue weighted by atomic mass is 9.96. The van der Waals surface area contributed by atoms with Crippen molar-refractivity contribution >= 4 is 11.8 Å². The Kier molecular flexibility index (Phi) is 4.74. The summed E-state index contributed by atoms with van der Waals surface area (Å²) in [6, 6.07) is 5.13. The first-order chi connectivity index (χ1) is 8.58. The van der Waals surface area contributed by atoms with Crippen molar-refractivity contribution < 1.29 is 0 Å². The molecule has 0 saturated carbocycles. The Morgan fingerprint density at radius 3 is 2.61 bits per heavy atom. The second-order valence-corrected chi connectivity index (χ2v) is 6.80. The van der Waals surface area contributed by atoms with Crippen LogP contribution in [0.5, 0.6) is 0 Å². The second-order valence-electron chi connectivity index (χ2n) is 5.65. The van der Waals surface area contributed by atoms with E-state index in [9.17, 15) is 0 Å². The molecule has 1 aromatic carbocycles.